The van der Waals surface area contributed by atoms with Gasteiger partial charge in [-0.3, -0.25) is 9.55 Å². The summed E-state index contributed by atoms with van der Waals surface area (Å²) < 4.78 is 36.1. The van der Waals surface area contributed by atoms with Gasteiger partial charge in [0.15, 0.2) is 0 Å². The first-order valence-corrected chi connectivity index (χ1v) is 11.3. The maximum absolute atomic E-state index is 10.6. The number of amidine groups is 1. The number of nitrogens with zero attached hydrogens (tertiary/aromatic N) is 1. The van der Waals surface area contributed by atoms with E-state index in [2.05, 4.69) is 4.99 Å². The van der Waals surface area contributed by atoms with Gasteiger partial charge < -0.3 is 10.5 Å². The Morgan fingerprint density at radius 2 is 1.78 bits per heavy atom. The quantitative estimate of drug-likeness (QED) is 0.226. The average molecular weight is 363 g/mol. The predicted octanol–water partition coefficient (Wildman–Crippen LogP) is 2.26. The molecule has 0 atom stereocenters. The largest absolute Gasteiger partial charge is 0.387 e. The second kappa shape index (κ2) is 6.90. The molecular weight excluding hydrogens is 336 g/mol. The second-order valence-corrected chi connectivity index (χ2v) is 10.7. The Kier molecular flexibility index (Phi) is 5.25. The summed E-state index contributed by atoms with van der Waals surface area (Å²) in [6, 6.07) is 0. The Bertz CT molecular complexity index is 527. The molecule has 8 heteroatoms. The summed E-state index contributed by atoms with van der Waals surface area (Å²) in [5.41, 5.74) is 5.75. The van der Waals surface area contributed by atoms with Crippen molar-refractivity contribution in [1.29, 1.82) is 0 Å². The molecule has 4 rings (SSSR count). The Balaban J connectivity index is 1.37. The highest BCUT2D eigenvalue weighted by molar-refractivity contribution is 8.70. The molecule has 0 saturated heterocycles. The molecule has 0 aromatic carbocycles. The summed E-state index contributed by atoms with van der Waals surface area (Å²) >= 11 is 0. The van der Waals surface area contributed by atoms with Crippen molar-refractivity contribution in [3.8, 4) is 0 Å². The maximum Gasteiger partial charge on any atom is 0.320 e. The zero-order valence-electron chi connectivity index (χ0n) is 13.3. The molecule has 0 unspecified atom stereocenters. The Morgan fingerprint density at radius 3 is 2.30 bits per heavy atom. The summed E-state index contributed by atoms with van der Waals surface area (Å²) in [4.78, 5) is 4.13. The van der Waals surface area contributed by atoms with E-state index in [1.165, 1.54) is 38.5 Å². The fourth-order valence-electron chi connectivity index (χ4n) is 4.96. The van der Waals surface area contributed by atoms with Crippen molar-refractivity contribution in [3.05, 3.63) is 0 Å². The van der Waals surface area contributed by atoms with Crippen LogP contribution in [0.25, 0.3) is 0 Å². The van der Waals surface area contributed by atoms with Crippen LogP contribution in [0, 0.1) is 17.8 Å². The van der Waals surface area contributed by atoms with Gasteiger partial charge in [-0.05, 0) is 62.7 Å². The first-order valence-electron chi connectivity index (χ1n) is 8.38. The van der Waals surface area contributed by atoms with E-state index in [1.807, 2.05) is 0 Å². The monoisotopic (exact) mass is 362 g/mol. The summed E-state index contributed by atoms with van der Waals surface area (Å²) in [5.74, 6) is 2.88. The van der Waals surface area contributed by atoms with Crippen LogP contribution in [-0.2, 0) is 13.9 Å². The van der Waals surface area contributed by atoms with Crippen LogP contribution in [0.4, 0.5) is 0 Å². The number of hydrogen-bond donors (Lipinski definition) is 2. The minimum absolute atomic E-state index is 0.00529. The number of hydrogen-bond acceptors (Lipinski definition) is 5. The molecule has 6 nitrogen and oxygen atoms in total. The zero-order chi connectivity index (χ0) is 16.5. The number of aliphatic imine (C=N–C) groups is 1. The topological polar surface area (TPSA) is 102 Å². The van der Waals surface area contributed by atoms with Crippen LogP contribution >= 0.6 is 10.8 Å². The molecule has 4 aliphatic rings. The Hall–Kier alpha value is -0.310. The molecule has 0 aromatic heterocycles. The van der Waals surface area contributed by atoms with E-state index in [9.17, 15) is 8.42 Å². The zero-order valence-corrected chi connectivity index (χ0v) is 14.9. The molecule has 0 radical (unpaired) electrons. The van der Waals surface area contributed by atoms with E-state index in [1.54, 1.807) is 0 Å². The molecule has 0 aromatic rings. The molecule has 0 heterocycles. The van der Waals surface area contributed by atoms with Gasteiger partial charge in [-0.2, -0.15) is 8.42 Å². The lowest BCUT2D eigenvalue weighted by Gasteiger charge is -2.56. The number of nitrogens with two attached hydrogens (primary N) is 1. The highest BCUT2D eigenvalue weighted by atomic mass is 33.1. The summed E-state index contributed by atoms with van der Waals surface area (Å²) in [7, 11) is -3.66. The van der Waals surface area contributed by atoms with Gasteiger partial charge in [0.2, 0.25) is 0 Å². The van der Waals surface area contributed by atoms with E-state index in [4.69, 9.17) is 15.0 Å². The van der Waals surface area contributed by atoms with E-state index in [0.29, 0.717) is 23.9 Å². The van der Waals surface area contributed by atoms with Gasteiger partial charge in [0, 0.05) is 23.9 Å². The fourth-order valence-corrected chi connectivity index (χ4v) is 6.13. The molecule has 0 amide bonds. The summed E-state index contributed by atoms with van der Waals surface area (Å²) in [6.45, 7) is 1.22. The molecule has 3 N–H and O–H groups in total. The summed E-state index contributed by atoms with van der Waals surface area (Å²) in [6.07, 6.45) is 8.72. The van der Waals surface area contributed by atoms with Crippen LogP contribution in [-0.4, -0.2) is 43.3 Å². The Labute approximate surface area is 141 Å². The highest BCUT2D eigenvalue weighted by Crippen LogP contribution is 2.57. The van der Waals surface area contributed by atoms with Crippen molar-refractivity contribution < 1.29 is 17.7 Å². The molecule has 0 aliphatic heterocycles. The SMILES string of the molecule is NC(CSS(=O)(=O)O)=NCCCOC12CC3CC(CC(C3)C1)C2. The molecule has 4 bridgehead atoms. The number of rotatable bonds is 8. The van der Waals surface area contributed by atoms with E-state index < -0.39 is 9.15 Å². The van der Waals surface area contributed by atoms with Gasteiger partial charge in [0.25, 0.3) is 0 Å². The molecule has 4 aliphatic carbocycles. The minimum Gasteiger partial charge on any atom is -0.387 e. The smallest absolute Gasteiger partial charge is 0.320 e. The third-order valence-corrected chi connectivity index (χ3v) is 7.32. The lowest BCUT2D eigenvalue weighted by atomic mass is 9.54. The van der Waals surface area contributed by atoms with Crippen molar-refractivity contribution in [3.63, 3.8) is 0 Å². The first kappa shape index (κ1) is 17.5. The summed E-state index contributed by atoms with van der Waals surface area (Å²) in [5, 5.41) is 0. The lowest BCUT2D eigenvalue weighted by molar-refractivity contribution is -0.162. The van der Waals surface area contributed by atoms with Gasteiger partial charge in [-0.25, -0.2) is 0 Å². The van der Waals surface area contributed by atoms with Crippen LogP contribution in [0.3, 0.4) is 0 Å². The standard InChI is InChI=1S/C15H26N2O4S2/c16-14(10-22-23(18,19)20)17-2-1-3-21-15-7-11-4-12(8-15)6-13(5-11)9-15/h11-13H,1-10H2,(H2,16,17)(H,18,19,20). The molecule has 4 saturated carbocycles. The van der Waals surface area contributed by atoms with Crippen molar-refractivity contribution in [2.45, 2.75) is 50.5 Å². The lowest BCUT2D eigenvalue weighted by Crippen LogP contribution is -2.52. The number of ether oxygens (including phenoxy) is 1. The van der Waals surface area contributed by atoms with Crippen molar-refractivity contribution in [1.82, 2.24) is 0 Å². The van der Waals surface area contributed by atoms with Crippen LogP contribution in [0.1, 0.15) is 44.9 Å². The molecule has 132 valence electrons. The van der Waals surface area contributed by atoms with Crippen molar-refractivity contribution in [2.24, 2.45) is 28.5 Å². The van der Waals surface area contributed by atoms with Gasteiger partial charge in [-0.15, -0.1) is 0 Å². The highest BCUT2D eigenvalue weighted by Gasteiger charge is 2.51. The minimum atomic E-state index is -4.05. The first-order chi connectivity index (χ1) is 10.8. The predicted molar refractivity (Wildman–Crippen MR) is 92.0 cm³/mol. The van der Waals surface area contributed by atoms with Crippen LogP contribution in [0.15, 0.2) is 4.99 Å². The third-order valence-electron chi connectivity index (χ3n) is 5.36. The normalized spacial score (nSPS) is 36.6. The molecular formula is C15H26N2O4S2. The molecule has 23 heavy (non-hydrogen) atoms. The molecule has 0 spiro atoms. The Morgan fingerprint density at radius 1 is 1.22 bits per heavy atom. The van der Waals surface area contributed by atoms with Crippen molar-refractivity contribution in [2.75, 3.05) is 18.9 Å². The van der Waals surface area contributed by atoms with Crippen LogP contribution < -0.4 is 5.73 Å². The van der Waals surface area contributed by atoms with Crippen LogP contribution in [0.5, 0.6) is 0 Å². The van der Waals surface area contributed by atoms with Gasteiger partial charge in [0.1, 0.15) is 5.84 Å². The second-order valence-electron chi connectivity index (χ2n) is 7.37. The average Bonchev–Trinajstić information content (AvgIpc) is 2.42. The van der Waals surface area contributed by atoms with Gasteiger partial charge in [-0.1, -0.05) is 0 Å². The third kappa shape index (κ3) is 4.84. The van der Waals surface area contributed by atoms with Crippen LogP contribution in [0.2, 0.25) is 0 Å². The van der Waals surface area contributed by atoms with E-state index in [0.717, 1.165) is 24.2 Å². The van der Waals surface area contributed by atoms with Crippen molar-refractivity contribution >= 4 is 25.8 Å². The van der Waals surface area contributed by atoms with E-state index >= 15 is 0 Å². The fraction of sp³-hybridized carbons (Fsp3) is 0.933. The van der Waals surface area contributed by atoms with Gasteiger partial charge in [0.05, 0.1) is 11.4 Å². The maximum atomic E-state index is 10.6. The molecule has 4 fully saturated rings. The van der Waals surface area contributed by atoms with E-state index in [-0.39, 0.29) is 17.2 Å². The van der Waals surface area contributed by atoms with Gasteiger partial charge >= 0.3 is 9.15 Å².